The second-order valence-corrected chi connectivity index (χ2v) is 13.5. The summed E-state index contributed by atoms with van der Waals surface area (Å²) in [4.78, 5) is 26.5. The van der Waals surface area contributed by atoms with E-state index in [1.54, 1.807) is 43.3 Å². The molecule has 0 aliphatic carbocycles. The van der Waals surface area contributed by atoms with Crippen LogP contribution in [0, 0.1) is 6.92 Å². The van der Waals surface area contributed by atoms with Crippen molar-refractivity contribution >= 4 is 80.9 Å². The lowest BCUT2D eigenvalue weighted by Gasteiger charge is -2.12. The number of hydrogen-bond donors (Lipinski definition) is 4. The highest BCUT2D eigenvalue weighted by molar-refractivity contribution is 6.40. The van der Waals surface area contributed by atoms with Gasteiger partial charge in [-0.25, -0.2) is 4.68 Å². The first kappa shape index (κ1) is 37.3. The van der Waals surface area contributed by atoms with Crippen molar-refractivity contribution in [1.82, 2.24) is 9.78 Å². The Labute approximate surface area is 300 Å². The number of azo groups is 1. The molecule has 48 heavy (non-hydrogen) atoms. The fourth-order valence-corrected chi connectivity index (χ4v) is 6.42. The van der Waals surface area contributed by atoms with Gasteiger partial charge < -0.3 is 15.7 Å². The predicted octanol–water partition coefficient (Wildman–Crippen LogP) is 11.8. The molecule has 4 rings (SSSR count). The van der Waals surface area contributed by atoms with Crippen LogP contribution in [-0.4, -0.2) is 26.2 Å². The summed E-state index contributed by atoms with van der Waals surface area (Å²) in [5, 5.41) is 27.3. The Hall–Kier alpha value is -3.50. The summed E-state index contributed by atoms with van der Waals surface area (Å²) >= 11 is 25.4. The van der Waals surface area contributed by atoms with Crippen molar-refractivity contribution in [3.63, 3.8) is 0 Å². The van der Waals surface area contributed by atoms with Gasteiger partial charge in [0.05, 0.1) is 15.7 Å². The van der Waals surface area contributed by atoms with Gasteiger partial charge in [-0.1, -0.05) is 106 Å². The Morgan fingerprint density at radius 3 is 2.21 bits per heavy atom. The number of aryl methyl sites for hydroxylation is 1. The quantitative estimate of drug-likeness (QED) is 0.0490. The van der Waals surface area contributed by atoms with Gasteiger partial charge in [0.2, 0.25) is 5.91 Å². The minimum Gasteiger partial charge on any atom is -0.508 e. The molecule has 0 radical (unpaired) electrons. The van der Waals surface area contributed by atoms with Crippen LogP contribution >= 0.6 is 46.4 Å². The molecule has 1 atom stereocenters. The van der Waals surface area contributed by atoms with Crippen LogP contribution in [0.4, 0.5) is 28.6 Å². The van der Waals surface area contributed by atoms with E-state index in [0.29, 0.717) is 28.5 Å². The highest BCUT2D eigenvalue weighted by Gasteiger charge is 2.21. The maximum atomic E-state index is 13.7. The van der Waals surface area contributed by atoms with Crippen molar-refractivity contribution in [2.24, 2.45) is 10.2 Å². The molecule has 1 heterocycles. The monoisotopic (exact) mass is 732 g/mol. The van der Waals surface area contributed by atoms with Gasteiger partial charge >= 0.3 is 5.56 Å². The number of carbonyl (C=O) groups is 1. The number of benzene rings is 3. The zero-order valence-corrected chi connectivity index (χ0v) is 30.0. The Bertz CT molecular complexity index is 1750. The van der Waals surface area contributed by atoms with Crippen LogP contribution in [0.15, 0.2) is 69.6 Å². The van der Waals surface area contributed by atoms with Crippen LogP contribution in [0.2, 0.25) is 15.1 Å². The van der Waals surface area contributed by atoms with E-state index in [4.69, 9.17) is 46.4 Å². The molecule has 13 heteroatoms. The lowest BCUT2D eigenvalue weighted by atomic mass is 10.1. The number of halogens is 4. The van der Waals surface area contributed by atoms with Gasteiger partial charge in [0.15, 0.2) is 11.5 Å². The first-order valence-corrected chi connectivity index (χ1v) is 17.7. The number of anilines is 3. The number of nitrogens with one attached hydrogen (secondary N) is 3. The van der Waals surface area contributed by atoms with E-state index in [9.17, 15) is 14.7 Å². The van der Waals surface area contributed by atoms with Gasteiger partial charge in [0.1, 0.15) is 16.8 Å². The minimum absolute atomic E-state index is 0.0136. The molecule has 0 aliphatic heterocycles. The average Bonchev–Trinajstić information content (AvgIpc) is 3.31. The molecule has 1 aromatic heterocycles. The predicted molar refractivity (Wildman–Crippen MR) is 198 cm³/mol. The van der Waals surface area contributed by atoms with Crippen LogP contribution in [0.1, 0.15) is 76.7 Å². The number of carbonyl (C=O) groups excluding carboxylic acids is 1. The van der Waals surface area contributed by atoms with Gasteiger partial charge in [-0.15, -0.1) is 16.7 Å². The number of aromatic nitrogens is 2. The summed E-state index contributed by atoms with van der Waals surface area (Å²) in [7, 11) is 0. The van der Waals surface area contributed by atoms with Crippen LogP contribution < -0.4 is 16.2 Å². The molecule has 1 unspecified atom stereocenters. The smallest absolute Gasteiger partial charge is 0.301 e. The van der Waals surface area contributed by atoms with Gasteiger partial charge in [-0.05, 0) is 61.4 Å². The molecule has 9 nitrogen and oxygen atoms in total. The summed E-state index contributed by atoms with van der Waals surface area (Å²) < 4.78 is 1.14. The van der Waals surface area contributed by atoms with Crippen molar-refractivity contribution in [3.05, 3.63) is 85.6 Å². The van der Waals surface area contributed by atoms with E-state index in [0.717, 1.165) is 29.5 Å². The number of alkyl halides is 1. The molecule has 3 aromatic carbocycles. The Morgan fingerprint density at radius 2 is 1.54 bits per heavy atom. The summed E-state index contributed by atoms with van der Waals surface area (Å²) in [5.41, 5.74) is 1.64. The normalized spacial score (nSPS) is 12.0. The number of nitrogens with zero attached hydrogens (tertiary/aromatic N) is 3. The number of phenols is 1. The first-order valence-electron chi connectivity index (χ1n) is 16.1. The average molecular weight is 735 g/mol. The highest BCUT2D eigenvalue weighted by Crippen LogP contribution is 2.34. The Morgan fingerprint density at radius 1 is 0.896 bits per heavy atom. The molecule has 256 valence electrons. The zero-order chi connectivity index (χ0) is 34.6. The second-order valence-electron chi connectivity index (χ2n) is 11.7. The van der Waals surface area contributed by atoms with Crippen LogP contribution in [0.25, 0.3) is 5.69 Å². The van der Waals surface area contributed by atoms with Crippen molar-refractivity contribution in [3.8, 4) is 11.4 Å². The third-order valence-electron chi connectivity index (χ3n) is 7.63. The molecule has 1 amide bonds. The van der Waals surface area contributed by atoms with E-state index in [-0.39, 0.29) is 38.9 Å². The summed E-state index contributed by atoms with van der Waals surface area (Å²) in [5.74, 6) is -0.0950. The molecule has 0 bridgehead atoms. The standard InChI is InChI=1S/C35H40Cl4N6O3/c1-3-4-5-6-7-8-9-10-11-15-28(37)34(47)41-25-14-12-13-24(20-25)40-33-31(43-42-26-16-22(2)17-27(46)21-26)35(48)45(44-33)32-29(38)18-23(36)19-30(32)39/h12-14,16-21,28,40,44,46H,3-11,15H2,1-2H3,(H,41,47). The second kappa shape index (κ2) is 18.3. The molecular formula is C35H40Cl4N6O3. The number of phenolic OH excluding ortho intramolecular Hbond substituents is 1. The maximum Gasteiger partial charge on any atom is 0.301 e. The molecule has 0 saturated carbocycles. The van der Waals surface area contributed by atoms with E-state index in [1.807, 2.05) is 0 Å². The summed E-state index contributed by atoms with van der Waals surface area (Å²) in [6, 6.07) is 14.6. The number of hydrogen-bond acceptors (Lipinski definition) is 6. The maximum absolute atomic E-state index is 13.7. The fraction of sp³-hybridized carbons (Fsp3) is 0.371. The number of rotatable bonds is 17. The van der Waals surface area contributed by atoms with Crippen molar-refractivity contribution < 1.29 is 9.90 Å². The Balaban J connectivity index is 1.49. The highest BCUT2D eigenvalue weighted by atomic mass is 35.5. The number of amides is 1. The van der Waals surface area contributed by atoms with E-state index in [1.165, 1.54) is 56.7 Å². The molecule has 0 saturated heterocycles. The molecule has 4 aromatic rings. The van der Waals surface area contributed by atoms with Gasteiger partial charge in [0.25, 0.3) is 0 Å². The number of aromatic amines is 1. The van der Waals surface area contributed by atoms with Crippen molar-refractivity contribution in [1.29, 1.82) is 0 Å². The van der Waals surface area contributed by atoms with Crippen LogP contribution in [-0.2, 0) is 4.79 Å². The summed E-state index contributed by atoms with van der Waals surface area (Å²) in [6.45, 7) is 4.02. The van der Waals surface area contributed by atoms with Gasteiger partial charge in [-0.3, -0.25) is 14.7 Å². The molecule has 0 spiro atoms. The third kappa shape index (κ3) is 10.8. The summed E-state index contributed by atoms with van der Waals surface area (Å²) in [6.07, 6.45) is 11.3. The largest absolute Gasteiger partial charge is 0.508 e. The molecular weight excluding hydrogens is 694 g/mol. The van der Waals surface area contributed by atoms with Gasteiger partial charge in [-0.2, -0.15) is 5.11 Å². The Kier molecular flexibility index (Phi) is 14.2. The SMILES string of the molecule is CCCCCCCCCCCC(Cl)C(=O)Nc1cccc(Nc2[nH]n(-c3c(Cl)cc(Cl)cc3Cl)c(=O)c2N=Nc2cc(C)cc(O)c2)c1. The van der Waals surface area contributed by atoms with Gasteiger partial charge in [0, 0.05) is 22.5 Å². The fourth-order valence-electron chi connectivity index (χ4n) is 5.23. The molecule has 0 fully saturated rings. The van der Waals surface area contributed by atoms with E-state index in [2.05, 4.69) is 32.9 Å². The van der Waals surface area contributed by atoms with Crippen LogP contribution in [0.3, 0.4) is 0 Å². The first-order chi connectivity index (χ1) is 23.0. The van der Waals surface area contributed by atoms with Crippen molar-refractivity contribution in [2.75, 3.05) is 10.6 Å². The number of H-pyrrole nitrogens is 1. The van der Waals surface area contributed by atoms with E-state index >= 15 is 0 Å². The molecule has 4 N–H and O–H groups in total. The lowest BCUT2D eigenvalue weighted by molar-refractivity contribution is -0.116. The van der Waals surface area contributed by atoms with Crippen molar-refractivity contribution in [2.45, 2.75) is 83.4 Å². The van der Waals surface area contributed by atoms with Crippen LogP contribution in [0.5, 0.6) is 5.75 Å². The molecule has 0 aliphatic rings. The van der Waals surface area contributed by atoms with E-state index < -0.39 is 10.9 Å². The number of unbranched alkanes of at least 4 members (excludes halogenated alkanes) is 8. The zero-order valence-electron chi connectivity index (χ0n) is 27.0. The lowest BCUT2D eigenvalue weighted by Crippen LogP contribution is -2.23. The minimum atomic E-state index is -0.654. The third-order valence-corrected chi connectivity index (χ3v) is 8.84. The topological polar surface area (TPSA) is 124 Å². The number of aromatic hydroxyl groups is 1.